The zero-order chi connectivity index (χ0) is 12.5. The minimum absolute atomic E-state index is 0.00273. The van der Waals surface area contributed by atoms with E-state index in [1.165, 1.54) is 19.4 Å². The smallest absolute Gasteiger partial charge is 0.307 e. The van der Waals surface area contributed by atoms with Gasteiger partial charge in [-0.2, -0.15) is 0 Å². The summed E-state index contributed by atoms with van der Waals surface area (Å²) in [6.45, 7) is 4.68. The predicted octanol–water partition coefficient (Wildman–Crippen LogP) is 1.11. The van der Waals surface area contributed by atoms with Crippen LogP contribution in [-0.4, -0.2) is 61.1 Å². The summed E-state index contributed by atoms with van der Waals surface area (Å²) in [5.41, 5.74) is 0.00273. The van der Waals surface area contributed by atoms with Gasteiger partial charge in [0, 0.05) is 18.1 Å². The summed E-state index contributed by atoms with van der Waals surface area (Å²) in [7, 11) is 4.20. The molecule has 2 aliphatic heterocycles. The number of hydrogen-bond acceptors (Lipinski definition) is 4. The number of ether oxygens (including phenoxy) is 1. The maximum atomic E-state index is 11.8. The number of esters is 1. The van der Waals surface area contributed by atoms with E-state index in [1.807, 2.05) is 6.92 Å². The molecule has 0 amide bonds. The summed E-state index contributed by atoms with van der Waals surface area (Å²) in [5.74, 6) is -0.0463. The Kier molecular flexibility index (Phi) is 3.73. The van der Waals surface area contributed by atoms with Crippen LogP contribution in [0.4, 0.5) is 0 Å². The van der Waals surface area contributed by atoms with Crippen molar-refractivity contribution in [3.05, 3.63) is 0 Å². The topological polar surface area (TPSA) is 32.8 Å². The van der Waals surface area contributed by atoms with Crippen LogP contribution in [0.3, 0.4) is 0 Å². The third-order valence-electron chi connectivity index (χ3n) is 4.46. The average molecular weight is 240 g/mol. The molecule has 0 aromatic rings. The van der Waals surface area contributed by atoms with E-state index >= 15 is 0 Å². The van der Waals surface area contributed by atoms with Crippen molar-refractivity contribution in [3.8, 4) is 0 Å². The predicted molar refractivity (Wildman–Crippen MR) is 66.9 cm³/mol. The molecule has 4 nitrogen and oxygen atoms in total. The molecule has 2 aliphatic rings. The fourth-order valence-electron chi connectivity index (χ4n) is 3.55. The van der Waals surface area contributed by atoms with Crippen LogP contribution in [0.5, 0.6) is 0 Å². The van der Waals surface area contributed by atoms with Crippen molar-refractivity contribution in [1.29, 1.82) is 0 Å². The highest BCUT2D eigenvalue weighted by Gasteiger charge is 2.51. The molecule has 0 N–H and O–H groups in total. The van der Waals surface area contributed by atoms with Crippen molar-refractivity contribution in [2.24, 2.45) is 0 Å². The second kappa shape index (κ2) is 4.94. The Morgan fingerprint density at radius 1 is 1.47 bits per heavy atom. The van der Waals surface area contributed by atoms with Crippen LogP contribution in [0.2, 0.25) is 0 Å². The van der Waals surface area contributed by atoms with Gasteiger partial charge in [-0.05, 0) is 46.8 Å². The normalized spacial score (nSPS) is 33.1. The summed E-state index contributed by atoms with van der Waals surface area (Å²) in [6, 6.07) is 0.543. The number of hydrogen-bond donors (Lipinski definition) is 0. The van der Waals surface area contributed by atoms with Gasteiger partial charge >= 0.3 is 5.97 Å². The summed E-state index contributed by atoms with van der Waals surface area (Å²) >= 11 is 0. The van der Waals surface area contributed by atoms with E-state index in [2.05, 4.69) is 23.9 Å². The molecule has 0 radical (unpaired) electrons. The van der Waals surface area contributed by atoms with Gasteiger partial charge < -0.3 is 9.64 Å². The van der Waals surface area contributed by atoms with Crippen LogP contribution >= 0.6 is 0 Å². The molecule has 2 heterocycles. The van der Waals surface area contributed by atoms with E-state index in [9.17, 15) is 4.79 Å². The highest BCUT2D eigenvalue weighted by molar-refractivity contribution is 5.71. The van der Waals surface area contributed by atoms with Gasteiger partial charge in [-0.3, -0.25) is 9.69 Å². The lowest BCUT2D eigenvalue weighted by molar-refractivity contribution is -0.146. The Labute approximate surface area is 104 Å². The van der Waals surface area contributed by atoms with E-state index in [0.717, 1.165) is 13.0 Å². The number of carbonyl (C=O) groups is 1. The largest absolute Gasteiger partial charge is 0.466 e. The van der Waals surface area contributed by atoms with Crippen molar-refractivity contribution in [2.75, 3.05) is 33.8 Å². The zero-order valence-electron chi connectivity index (χ0n) is 11.2. The van der Waals surface area contributed by atoms with E-state index in [-0.39, 0.29) is 11.5 Å². The fraction of sp³-hybridized carbons (Fsp3) is 0.923. The Balaban J connectivity index is 2.12. The van der Waals surface area contributed by atoms with Crippen LogP contribution in [0.25, 0.3) is 0 Å². The SMILES string of the molecule is CCOC(=O)CC1(N(C)C)CCN2CCCC21. The number of rotatable bonds is 4. The molecule has 2 rings (SSSR count). The standard InChI is InChI=1S/C13H24N2O2/c1-4-17-12(16)10-13(14(2)3)7-9-15-8-5-6-11(13)15/h11H,4-10H2,1-3H3. The molecular formula is C13H24N2O2. The maximum Gasteiger partial charge on any atom is 0.307 e. The van der Waals surface area contributed by atoms with Gasteiger partial charge in [0.2, 0.25) is 0 Å². The molecule has 2 fully saturated rings. The van der Waals surface area contributed by atoms with Gasteiger partial charge in [0.25, 0.3) is 0 Å². The van der Waals surface area contributed by atoms with E-state index in [4.69, 9.17) is 4.74 Å². The van der Waals surface area contributed by atoms with Gasteiger partial charge in [-0.15, -0.1) is 0 Å². The van der Waals surface area contributed by atoms with Crippen LogP contribution in [-0.2, 0) is 9.53 Å². The first-order valence-electron chi connectivity index (χ1n) is 6.67. The molecule has 0 saturated carbocycles. The molecule has 4 heteroatoms. The first kappa shape index (κ1) is 12.8. The molecule has 0 aromatic heterocycles. The van der Waals surface area contributed by atoms with Crippen molar-refractivity contribution in [3.63, 3.8) is 0 Å². The molecule has 2 unspecified atom stereocenters. The number of fused-ring (bicyclic) bond motifs is 1. The second-order valence-electron chi connectivity index (χ2n) is 5.42. The molecule has 2 atom stereocenters. The van der Waals surface area contributed by atoms with E-state index < -0.39 is 0 Å². The molecule has 2 saturated heterocycles. The zero-order valence-corrected chi connectivity index (χ0v) is 11.2. The van der Waals surface area contributed by atoms with Crippen molar-refractivity contribution in [2.45, 2.75) is 44.2 Å². The van der Waals surface area contributed by atoms with Crippen molar-refractivity contribution >= 4 is 5.97 Å². The van der Waals surface area contributed by atoms with Crippen LogP contribution in [0.15, 0.2) is 0 Å². The highest BCUT2D eigenvalue weighted by atomic mass is 16.5. The lowest BCUT2D eigenvalue weighted by Crippen LogP contribution is -2.53. The number of carbonyl (C=O) groups excluding carboxylic acids is 1. The number of likely N-dealkylation sites (N-methyl/N-ethyl adjacent to an activating group) is 1. The first-order chi connectivity index (χ1) is 8.10. The van der Waals surface area contributed by atoms with Gasteiger partial charge in [-0.25, -0.2) is 0 Å². The first-order valence-corrected chi connectivity index (χ1v) is 6.67. The quantitative estimate of drug-likeness (QED) is 0.689. The summed E-state index contributed by atoms with van der Waals surface area (Å²) in [6.07, 6.45) is 4.11. The third kappa shape index (κ3) is 2.20. The van der Waals surface area contributed by atoms with Crippen molar-refractivity contribution in [1.82, 2.24) is 9.80 Å². The molecule has 17 heavy (non-hydrogen) atoms. The summed E-state index contributed by atoms with van der Waals surface area (Å²) in [5, 5.41) is 0. The van der Waals surface area contributed by atoms with Crippen LogP contribution in [0.1, 0.15) is 32.6 Å². The monoisotopic (exact) mass is 240 g/mol. The molecule has 0 spiro atoms. The van der Waals surface area contributed by atoms with Gasteiger partial charge in [0.05, 0.1) is 13.0 Å². The maximum absolute atomic E-state index is 11.8. The average Bonchev–Trinajstić information content (AvgIpc) is 2.82. The fourth-order valence-corrected chi connectivity index (χ4v) is 3.55. The van der Waals surface area contributed by atoms with Gasteiger partial charge in [0.15, 0.2) is 0 Å². The molecule has 0 aliphatic carbocycles. The Bertz CT molecular complexity index is 293. The molecule has 0 aromatic carbocycles. The highest BCUT2D eigenvalue weighted by Crippen LogP contribution is 2.41. The lowest BCUT2D eigenvalue weighted by Gasteiger charge is -2.40. The van der Waals surface area contributed by atoms with Crippen LogP contribution in [0, 0.1) is 0 Å². The summed E-state index contributed by atoms with van der Waals surface area (Å²) in [4.78, 5) is 16.6. The van der Waals surface area contributed by atoms with Crippen LogP contribution < -0.4 is 0 Å². The molecule has 0 bridgehead atoms. The minimum Gasteiger partial charge on any atom is -0.466 e. The van der Waals surface area contributed by atoms with Gasteiger partial charge in [-0.1, -0.05) is 0 Å². The third-order valence-corrected chi connectivity index (χ3v) is 4.46. The Hall–Kier alpha value is -0.610. The second-order valence-corrected chi connectivity index (χ2v) is 5.42. The summed E-state index contributed by atoms with van der Waals surface area (Å²) < 4.78 is 5.14. The van der Waals surface area contributed by atoms with Crippen molar-refractivity contribution < 1.29 is 9.53 Å². The van der Waals surface area contributed by atoms with E-state index in [0.29, 0.717) is 19.1 Å². The lowest BCUT2D eigenvalue weighted by atomic mass is 9.84. The number of nitrogens with zero attached hydrogens (tertiary/aromatic N) is 2. The Morgan fingerprint density at radius 2 is 2.24 bits per heavy atom. The Morgan fingerprint density at radius 3 is 2.88 bits per heavy atom. The molecular weight excluding hydrogens is 216 g/mol. The minimum atomic E-state index is -0.0463. The van der Waals surface area contributed by atoms with Gasteiger partial charge in [0.1, 0.15) is 0 Å². The van der Waals surface area contributed by atoms with E-state index in [1.54, 1.807) is 0 Å². The molecule has 98 valence electrons.